The quantitative estimate of drug-likeness (QED) is 0.572. The largest absolute Gasteiger partial charge is 0.278 e. The lowest BCUT2D eigenvalue weighted by molar-refractivity contribution is -0.385. The van der Waals surface area contributed by atoms with E-state index >= 15 is 0 Å². The molecule has 0 spiro atoms. The van der Waals surface area contributed by atoms with Crippen molar-refractivity contribution in [2.75, 3.05) is 0 Å². The summed E-state index contributed by atoms with van der Waals surface area (Å²) in [5.74, 6) is -0.247. The van der Waals surface area contributed by atoms with E-state index in [1.807, 2.05) is 0 Å². The maximum atomic E-state index is 10.9. The highest BCUT2D eigenvalue weighted by Gasteiger charge is 2.23. The van der Waals surface area contributed by atoms with E-state index in [-0.39, 0.29) is 18.0 Å². The highest BCUT2D eigenvalue weighted by atomic mass is 16.6. The smallest absolute Gasteiger partial charge is 0.273 e. The number of nitro benzene ring substituents is 1. The van der Waals surface area contributed by atoms with Gasteiger partial charge in [0.1, 0.15) is 0 Å². The van der Waals surface area contributed by atoms with E-state index in [2.05, 4.69) is 10.5 Å². The van der Waals surface area contributed by atoms with Crippen LogP contribution in [0.5, 0.6) is 0 Å². The van der Waals surface area contributed by atoms with E-state index < -0.39 is 4.92 Å². The molecular weight excluding hydrogens is 198 g/mol. The van der Waals surface area contributed by atoms with Gasteiger partial charge in [-0.25, -0.2) is 5.43 Å². The molecule has 6 nitrogen and oxygen atoms in total. The molecule has 0 atom stereocenters. The molecule has 15 heavy (non-hydrogen) atoms. The van der Waals surface area contributed by atoms with E-state index in [4.69, 9.17) is 0 Å². The molecule has 0 aromatic heterocycles. The van der Waals surface area contributed by atoms with Crippen LogP contribution in [0.4, 0.5) is 5.69 Å². The standard InChI is InChI=1S/C9H7N3O3/c13-9-5-7(10-11-9)6-3-1-2-4-8(6)12(14)15/h1-4H,5H2,(H,11,13). The van der Waals surface area contributed by atoms with Crippen molar-refractivity contribution in [3.8, 4) is 0 Å². The van der Waals surface area contributed by atoms with Crippen LogP contribution in [0.25, 0.3) is 0 Å². The van der Waals surface area contributed by atoms with Gasteiger partial charge >= 0.3 is 0 Å². The Balaban J connectivity index is 2.44. The van der Waals surface area contributed by atoms with Gasteiger partial charge in [0.25, 0.3) is 5.69 Å². The monoisotopic (exact) mass is 205 g/mol. The van der Waals surface area contributed by atoms with Crippen LogP contribution in [0.15, 0.2) is 29.4 Å². The lowest BCUT2D eigenvalue weighted by Crippen LogP contribution is -2.09. The third-order valence-corrected chi connectivity index (χ3v) is 2.06. The van der Waals surface area contributed by atoms with Crippen LogP contribution in [0.3, 0.4) is 0 Å². The summed E-state index contributed by atoms with van der Waals surface area (Å²) in [7, 11) is 0. The molecule has 0 bridgehead atoms. The van der Waals surface area contributed by atoms with Crippen LogP contribution in [0.2, 0.25) is 0 Å². The van der Waals surface area contributed by atoms with Gasteiger partial charge in [-0.15, -0.1) is 0 Å². The van der Waals surface area contributed by atoms with Crippen LogP contribution >= 0.6 is 0 Å². The van der Waals surface area contributed by atoms with Gasteiger partial charge < -0.3 is 0 Å². The predicted molar refractivity (Wildman–Crippen MR) is 52.4 cm³/mol. The van der Waals surface area contributed by atoms with E-state index in [1.165, 1.54) is 6.07 Å². The summed E-state index contributed by atoms with van der Waals surface area (Å²) in [5, 5.41) is 14.4. The average Bonchev–Trinajstić information content (AvgIpc) is 2.65. The van der Waals surface area contributed by atoms with Gasteiger partial charge in [0.15, 0.2) is 0 Å². The third kappa shape index (κ3) is 1.69. The molecule has 6 heteroatoms. The fourth-order valence-corrected chi connectivity index (χ4v) is 1.39. The van der Waals surface area contributed by atoms with Gasteiger partial charge in [-0.2, -0.15) is 5.10 Å². The molecule has 0 saturated heterocycles. The molecular formula is C9H7N3O3. The normalized spacial score (nSPS) is 14.7. The number of nitro groups is 1. The molecule has 0 radical (unpaired) electrons. The van der Waals surface area contributed by atoms with Crippen molar-refractivity contribution >= 4 is 17.3 Å². The maximum Gasteiger partial charge on any atom is 0.278 e. The Kier molecular flexibility index (Phi) is 2.17. The molecule has 2 rings (SSSR count). The number of hydrogen-bond acceptors (Lipinski definition) is 4. The molecule has 1 heterocycles. The number of carbonyl (C=O) groups is 1. The van der Waals surface area contributed by atoms with Crippen molar-refractivity contribution in [3.63, 3.8) is 0 Å². The SMILES string of the molecule is O=C1CC(c2ccccc2[N+](=O)[O-])=NN1. The van der Waals surface area contributed by atoms with Crippen LogP contribution in [0.1, 0.15) is 12.0 Å². The number of benzene rings is 1. The fraction of sp³-hybridized carbons (Fsp3) is 0.111. The topological polar surface area (TPSA) is 84.6 Å². The minimum Gasteiger partial charge on any atom is -0.273 e. The van der Waals surface area contributed by atoms with Crippen LogP contribution in [-0.4, -0.2) is 16.5 Å². The molecule has 1 aliphatic heterocycles. The second-order valence-corrected chi connectivity index (χ2v) is 3.04. The first-order valence-corrected chi connectivity index (χ1v) is 4.27. The van der Waals surface area contributed by atoms with Gasteiger partial charge in [0.2, 0.25) is 5.91 Å². The van der Waals surface area contributed by atoms with Crippen molar-refractivity contribution in [1.82, 2.24) is 5.43 Å². The average molecular weight is 205 g/mol. The number of hydrogen-bond donors (Lipinski definition) is 1. The molecule has 0 unspecified atom stereocenters. The number of amides is 1. The second kappa shape index (κ2) is 3.49. The van der Waals surface area contributed by atoms with Gasteiger partial charge in [0.05, 0.1) is 22.6 Å². The van der Waals surface area contributed by atoms with Crippen LogP contribution in [-0.2, 0) is 4.79 Å². The molecule has 0 fully saturated rings. The fourth-order valence-electron chi connectivity index (χ4n) is 1.39. The zero-order valence-electron chi connectivity index (χ0n) is 7.64. The van der Waals surface area contributed by atoms with Crippen molar-refractivity contribution < 1.29 is 9.72 Å². The molecule has 0 saturated carbocycles. The zero-order valence-corrected chi connectivity index (χ0v) is 7.64. The number of rotatable bonds is 2. The Morgan fingerprint density at radius 3 is 2.73 bits per heavy atom. The molecule has 1 amide bonds. The number of nitrogens with one attached hydrogen (secondary N) is 1. The van der Waals surface area contributed by atoms with Crippen molar-refractivity contribution in [3.05, 3.63) is 39.9 Å². The summed E-state index contributed by atoms with van der Waals surface area (Å²) in [5.41, 5.74) is 3.03. The molecule has 1 aromatic carbocycles. The lowest BCUT2D eigenvalue weighted by Gasteiger charge is -1.99. The number of nitrogens with zero attached hydrogens (tertiary/aromatic N) is 2. The van der Waals surface area contributed by atoms with Crippen LogP contribution in [0, 0.1) is 10.1 Å². The van der Waals surface area contributed by atoms with E-state index in [1.54, 1.807) is 18.2 Å². The first-order valence-electron chi connectivity index (χ1n) is 4.27. The molecule has 76 valence electrons. The Morgan fingerprint density at radius 1 is 1.40 bits per heavy atom. The van der Waals surface area contributed by atoms with E-state index in [0.717, 1.165) is 0 Å². The van der Waals surface area contributed by atoms with Gasteiger partial charge in [-0.3, -0.25) is 14.9 Å². The highest BCUT2D eigenvalue weighted by molar-refractivity contribution is 6.15. The zero-order chi connectivity index (χ0) is 10.8. The molecule has 1 N–H and O–H groups in total. The summed E-state index contributed by atoms with van der Waals surface area (Å²) in [6.07, 6.45) is 0.0881. The second-order valence-electron chi connectivity index (χ2n) is 3.04. The Hall–Kier alpha value is -2.24. The molecule has 1 aliphatic rings. The van der Waals surface area contributed by atoms with Crippen molar-refractivity contribution in [2.45, 2.75) is 6.42 Å². The Bertz CT molecular complexity index is 467. The summed E-state index contributed by atoms with van der Waals surface area (Å²) in [4.78, 5) is 21.1. The summed E-state index contributed by atoms with van der Waals surface area (Å²) >= 11 is 0. The highest BCUT2D eigenvalue weighted by Crippen LogP contribution is 2.20. The number of carbonyl (C=O) groups excluding carboxylic acids is 1. The van der Waals surface area contributed by atoms with Gasteiger partial charge in [-0.1, -0.05) is 12.1 Å². The minimum absolute atomic E-state index is 0.0345. The first kappa shape index (κ1) is 9.32. The van der Waals surface area contributed by atoms with Gasteiger partial charge in [-0.05, 0) is 6.07 Å². The maximum absolute atomic E-state index is 10.9. The number of para-hydroxylation sites is 1. The summed E-state index contributed by atoms with van der Waals surface area (Å²) < 4.78 is 0. The summed E-state index contributed by atoms with van der Waals surface area (Å²) in [6, 6.07) is 6.22. The number of hydrazone groups is 1. The summed E-state index contributed by atoms with van der Waals surface area (Å²) in [6.45, 7) is 0. The predicted octanol–water partition coefficient (Wildman–Crippen LogP) is 0.819. The minimum atomic E-state index is -0.485. The van der Waals surface area contributed by atoms with Crippen molar-refractivity contribution in [1.29, 1.82) is 0 Å². The molecule has 1 aromatic rings. The van der Waals surface area contributed by atoms with Crippen molar-refractivity contribution in [2.24, 2.45) is 5.10 Å². The van der Waals surface area contributed by atoms with Gasteiger partial charge in [0, 0.05) is 6.07 Å². The Labute approximate surface area is 84.8 Å². The van der Waals surface area contributed by atoms with Crippen LogP contribution < -0.4 is 5.43 Å². The van der Waals surface area contributed by atoms with E-state index in [9.17, 15) is 14.9 Å². The third-order valence-electron chi connectivity index (χ3n) is 2.06. The molecule has 0 aliphatic carbocycles. The first-order chi connectivity index (χ1) is 7.18. The lowest BCUT2D eigenvalue weighted by atomic mass is 10.1. The Morgan fingerprint density at radius 2 is 2.13 bits per heavy atom. The van der Waals surface area contributed by atoms with E-state index in [0.29, 0.717) is 11.3 Å².